The SMILES string of the molecule is CCCCCCCCCCCCCCC/C=C/CC/C=C/C(O)C(COC1OC(CO)C(O)C(O)C1O)NC(=O)CCCCCCCCCCCC. The van der Waals surface area contributed by atoms with Crippen LogP contribution in [0.25, 0.3) is 0 Å². The normalized spacial score (nSPS) is 22.0. The molecule has 0 saturated carbocycles. The second kappa shape index (κ2) is 34.2. The Hall–Kier alpha value is -1.33. The number of carbonyl (C=O) groups is 1. The lowest BCUT2D eigenvalue weighted by Crippen LogP contribution is -2.60. The van der Waals surface area contributed by atoms with Gasteiger partial charge in [0, 0.05) is 6.42 Å². The average molecular weight is 740 g/mol. The summed E-state index contributed by atoms with van der Waals surface area (Å²) >= 11 is 0. The first-order chi connectivity index (χ1) is 25.3. The van der Waals surface area contributed by atoms with Crippen LogP contribution in [-0.2, 0) is 14.3 Å². The first-order valence-electron chi connectivity index (χ1n) is 21.6. The third-order valence-corrected chi connectivity index (χ3v) is 10.3. The molecule has 1 aliphatic rings. The summed E-state index contributed by atoms with van der Waals surface area (Å²) < 4.78 is 11.2. The maximum Gasteiger partial charge on any atom is 0.220 e. The van der Waals surface area contributed by atoms with Crippen molar-refractivity contribution in [3.05, 3.63) is 24.3 Å². The van der Waals surface area contributed by atoms with Gasteiger partial charge in [0.1, 0.15) is 24.4 Å². The summed E-state index contributed by atoms with van der Waals surface area (Å²) in [6.45, 7) is 3.73. The van der Waals surface area contributed by atoms with Crippen LogP contribution in [0.15, 0.2) is 24.3 Å². The topological polar surface area (TPSA) is 149 Å². The molecule has 9 heteroatoms. The van der Waals surface area contributed by atoms with E-state index in [1.54, 1.807) is 6.08 Å². The zero-order chi connectivity index (χ0) is 38.1. The molecule has 1 amide bonds. The molecule has 1 fully saturated rings. The van der Waals surface area contributed by atoms with Crippen LogP contribution in [0.3, 0.4) is 0 Å². The molecule has 0 aromatic heterocycles. The van der Waals surface area contributed by atoms with Gasteiger partial charge < -0.3 is 40.3 Å². The summed E-state index contributed by atoms with van der Waals surface area (Å²) in [5.74, 6) is -0.189. The van der Waals surface area contributed by atoms with Crippen molar-refractivity contribution < 1.29 is 39.8 Å². The van der Waals surface area contributed by atoms with E-state index < -0.39 is 49.5 Å². The number of ether oxygens (including phenoxy) is 2. The number of nitrogens with one attached hydrogen (secondary N) is 1. The van der Waals surface area contributed by atoms with Crippen LogP contribution in [-0.4, -0.2) is 87.5 Å². The highest BCUT2D eigenvalue weighted by atomic mass is 16.7. The van der Waals surface area contributed by atoms with Gasteiger partial charge in [0.25, 0.3) is 0 Å². The van der Waals surface area contributed by atoms with Crippen molar-refractivity contribution in [3.63, 3.8) is 0 Å². The molecule has 1 heterocycles. The number of hydrogen-bond donors (Lipinski definition) is 6. The Bertz CT molecular complexity index is 868. The van der Waals surface area contributed by atoms with E-state index in [1.165, 1.54) is 128 Å². The van der Waals surface area contributed by atoms with Gasteiger partial charge >= 0.3 is 0 Å². The molecule has 0 aromatic carbocycles. The van der Waals surface area contributed by atoms with Gasteiger partial charge in [-0.15, -0.1) is 0 Å². The van der Waals surface area contributed by atoms with Crippen molar-refractivity contribution in [2.24, 2.45) is 0 Å². The number of unbranched alkanes of at least 4 members (excludes halogenated alkanes) is 23. The summed E-state index contributed by atoms with van der Waals surface area (Å²) in [6, 6.07) is -0.815. The van der Waals surface area contributed by atoms with E-state index in [4.69, 9.17) is 9.47 Å². The molecule has 7 atom stereocenters. The number of aliphatic hydroxyl groups is 5. The van der Waals surface area contributed by atoms with Crippen LogP contribution in [0.5, 0.6) is 0 Å². The third kappa shape index (κ3) is 24.9. The third-order valence-electron chi connectivity index (χ3n) is 10.3. The van der Waals surface area contributed by atoms with Gasteiger partial charge in [-0.1, -0.05) is 173 Å². The Morgan fingerprint density at radius 1 is 0.635 bits per heavy atom. The molecule has 7 unspecified atom stereocenters. The summed E-state index contributed by atoms with van der Waals surface area (Å²) in [5.41, 5.74) is 0. The molecular formula is C43H81NO8. The molecule has 0 spiro atoms. The van der Waals surface area contributed by atoms with Crippen molar-refractivity contribution in [2.75, 3.05) is 13.2 Å². The Labute approximate surface area is 318 Å². The molecule has 1 rings (SSSR count). The molecule has 1 aliphatic heterocycles. The molecule has 6 N–H and O–H groups in total. The lowest BCUT2D eigenvalue weighted by Gasteiger charge is -2.40. The Morgan fingerprint density at radius 3 is 1.62 bits per heavy atom. The lowest BCUT2D eigenvalue weighted by molar-refractivity contribution is -0.302. The molecule has 52 heavy (non-hydrogen) atoms. The summed E-state index contributed by atoms with van der Waals surface area (Å²) in [6.07, 6.45) is 32.3. The monoisotopic (exact) mass is 740 g/mol. The first kappa shape index (κ1) is 48.7. The van der Waals surface area contributed by atoms with Crippen LogP contribution in [0.2, 0.25) is 0 Å². The minimum Gasteiger partial charge on any atom is -0.394 e. The number of amides is 1. The maximum absolute atomic E-state index is 12.9. The summed E-state index contributed by atoms with van der Waals surface area (Å²) in [4.78, 5) is 12.9. The number of allylic oxidation sites excluding steroid dienone is 3. The van der Waals surface area contributed by atoms with Crippen molar-refractivity contribution in [2.45, 2.75) is 230 Å². The molecular weight excluding hydrogens is 658 g/mol. The van der Waals surface area contributed by atoms with E-state index >= 15 is 0 Å². The second-order valence-electron chi connectivity index (χ2n) is 15.1. The van der Waals surface area contributed by atoms with E-state index in [0.29, 0.717) is 6.42 Å². The highest BCUT2D eigenvalue weighted by Crippen LogP contribution is 2.22. The van der Waals surface area contributed by atoms with E-state index in [-0.39, 0.29) is 12.5 Å². The zero-order valence-corrected chi connectivity index (χ0v) is 33.3. The standard InChI is InChI=1S/C43H81NO8/c1-3-5-7-9-11-13-15-16-17-18-19-20-21-22-23-24-26-28-30-32-37(46)36(35-51-43-42(50)41(49)40(48)38(34-45)52-43)44-39(47)33-31-29-27-25-14-12-10-8-6-4-2/h23-24,30,32,36-38,40-43,45-46,48-50H,3-22,25-29,31,33-35H2,1-2H3,(H,44,47)/b24-23+,32-30+. The van der Waals surface area contributed by atoms with Gasteiger partial charge in [-0.2, -0.15) is 0 Å². The van der Waals surface area contributed by atoms with E-state index in [1.807, 2.05) is 6.08 Å². The van der Waals surface area contributed by atoms with Crippen LogP contribution in [0.1, 0.15) is 187 Å². The van der Waals surface area contributed by atoms with Crippen molar-refractivity contribution in [1.29, 1.82) is 0 Å². The quantitative estimate of drug-likeness (QED) is 0.0281. The fraction of sp³-hybridized carbons (Fsp3) is 0.884. The van der Waals surface area contributed by atoms with Gasteiger partial charge in [0.05, 0.1) is 25.4 Å². The average Bonchev–Trinajstić information content (AvgIpc) is 3.14. The highest BCUT2D eigenvalue weighted by molar-refractivity contribution is 5.76. The van der Waals surface area contributed by atoms with Crippen molar-refractivity contribution in [3.8, 4) is 0 Å². The summed E-state index contributed by atoms with van der Waals surface area (Å²) in [7, 11) is 0. The molecule has 0 bridgehead atoms. The van der Waals surface area contributed by atoms with Crippen molar-refractivity contribution >= 4 is 5.91 Å². The molecule has 0 aromatic rings. The van der Waals surface area contributed by atoms with E-state index in [2.05, 4.69) is 31.3 Å². The second-order valence-corrected chi connectivity index (χ2v) is 15.1. The molecule has 1 saturated heterocycles. The molecule has 9 nitrogen and oxygen atoms in total. The maximum atomic E-state index is 12.9. The predicted molar refractivity (Wildman–Crippen MR) is 212 cm³/mol. The van der Waals surface area contributed by atoms with Gasteiger partial charge in [0.15, 0.2) is 6.29 Å². The lowest BCUT2D eigenvalue weighted by atomic mass is 9.99. The van der Waals surface area contributed by atoms with Crippen molar-refractivity contribution in [1.82, 2.24) is 5.32 Å². The largest absolute Gasteiger partial charge is 0.394 e. The Morgan fingerprint density at radius 2 is 1.10 bits per heavy atom. The van der Waals surface area contributed by atoms with Gasteiger partial charge in [-0.05, 0) is 32.1 Å². The van der Waals surface area contributed by atoms with E-state index in [9.17, 15) is 30.3 Å². The summed E-state index contributed by atoms with van der Waals surface area (Å²) in [5, 5.41) is 54.0. The molecule has 306 valence electrons. The number of rotatable bonds is 35. The Kier molecular flexibility index (Phi) is 32.0. The van der Waals surface area contributed by atoms with Crippen LogP contribution in [0, 0.1) is 0 Å². The first-order valence-corrected chi connectivity index (χ1v) is 21.6. The fourth-order valence-corrected chi connectivity index (χ4v) is 6.76. The minimum absolute atomic E-state index is 0.189. The van der Waals surface area contributed by atoms with Crippen LogP contribution >= 0.6 is 0 Å². The number of carbonyl (C=O) groups excluding carboxylic acids is 1. The Balaban J connectivity index is 2.39. The van der Waals surface area contributed by atoms with Crippen LogP contribution < -0.4 is 5.32 Å². The fourth-order valence-electron chi connectivity index (χ4n) is 6.76. The zero-order valence-electron chi connectivity index (χ0n) is 33.3. The molecule has 0 radical (unpaired) electrons. The van der Waals surface area contributed by atoms with E-state index in [0.717, 1.165) is 38.5 Å². The highest BCUT2D eigenvalue weighted by Gasteiger charge is 2.44. The number of hydrogen-bond acceptors (Lipinski definition) is 8. The van der Waals surface area contributed by atoms with Gasteiger partial charge in [-0.3, -0.25) is 4.79 Å². The van der Waals surface area contributed by atoms with Gasteiger partial charge in [0.2, 0.25) is 5.91 Å². The predicted octanol–water partition coefficient (Wildman–Crippen LogP) is 8.33. The molecule has 0 aliphatic carbocycles. The van der Waals surface area contributed by atoms with Crippen LogP contribution in [0.4, 0.5) is 0 Å². The number of aliphatic hydroxyl groups excluding tert-OH is 5. The van der Waals surface area contributed by atoms with Gasteiger partial charge in [-0.25, -0.2) is 0 Å². The smallest absolute Gasteiger partial charge is 0.220 e. The minimum atomic E-state index is -1.57.